The SMILES string of the molecule is CC(=O)N[C@@H]1CN(CC2CC2)C[C@H]1c1nc(-c2ccccc2)n[nH]1. The average molecular weight is 325 g/mol. The molecule has 1 aromatic heterocycles. The van der Waals surface area contributed by atoms with Crippen molar-refractivity contribution in [3.8, 4) is 11.4 Å². The summed E-state index contributed by atoms with van der Waals surface area (Å²) < 4.78 is 0. The molecule has 0 bridgehead atoms. The summed E-state index contributed by atoms with van der Waals surface area (Å²) in [6, 6.07) is 10.1. The van der Waals surface area contributed by atoms with E-state index in [0.717, 1.165) is 36.9 Å². The van der Waals surface area contributed by atoms with Crippen molar-refractivity contribution in [2.45, 2.75) is 31.7 Å². The van der Waals surface area contributed by atoms with Crippen molar-refractivity contribution in [1.82, 2.24) is 25.4 Å². The van der Waals surface area contributed by atoms with Gasteiger partial charge in [0.25, 0.3) is 0 Å². The van der Waals surface area contributed by atoms with E-state index in [1.807, 2.05) is 30.3 Å². The number of carbonyl (C=O) groups excluding carboxylic acids is 1. The molecule has 2 atom stereocenters. The van der Waals surface area contributed by atoms with E-state index in [4.69, 9.17) is 4.98 Å². The summed E-state index contributed by atoms with van der Waals surface area (Å²) in [5.74, 6) is 2.61. The molecule has 126 valence electrons. The summed E-state index contributed by atoms with van der Waals surface area (Å²) in [5, 5.41) is 10.6. The van der Waals surface area contributed by atoms with Crippen LogP contribution in [0.25, 0.3) is 11.4 Å². The maximum Gasteiger partial charge on any atom is 0.217 e. The normalized spacial score (nSPS) is 24.2. The molecule has 1 amide bonds. The topological polar surface area (TPSA) is 73.9 Å². The number of H-pyrrole nitrogens is 1. The molecule has 24 heavy (non-hydrogen) atoms. The van der Waals surface area contributed by atoms with E-state index in [2.05, 4.69) is 20.4 Å². The Morgan fingerprint density at radius 2 is 2.08 bits per heavy atom. The van der Waals surface area contributed by atoms with Gasteiger partial charge in [0.2, 0.25) is 5.91 Å². The molecule has 1 aliphatic carbocycles. The molecule has 6 nitrogen and oxygen atoms in total. The van der Waals surface area contributed by atoms with Crippen molar-refractivity contribution in [2.24, 2.45) is 5.92 Å². The molecule has 2 fully saturated rings. The smallest absolute Gasteiger partial charge is 0.217 e. The van der Waals surface area contributed by atoms with Gasteiger partial charge in [-0.15, -0.1) is 0 Å². The highest BCUT2D eigenvalue weighted by atomic mass is 16.1. The maximum absolute atomic E-state index is 11.6. The van der Waals surface area contributed by atoms with Gasteiger partial charge in [-0.1, -0.05) is 30.3 Å². The van der Waals surface area contributed by atoms with Crippen LogP contribution < -0.4 is 5.32 Å². The molecule has 0 spiro atoms. The first-order chi connectivity index (χ1) is 11.7. The largest absolute Gasteiger partial charge is 0.352 e. The van der Waals surface area contributed by atoms with Gasteiger partial charge in [0.05, 0.1) is 12.0 Å². The van der Waals surface area contributed by atoms with Crippen LogP contribution in [0.15, 0.2) is 30.3 Å². The minimum Gasteiger partial charge on any atom is -0.352 e. The van der Waals surface area contributed by atoms with Crippen LogP contribution in [0.2, 0.25) is 0 Å². The number of carbonyl (C=O) groups is 1. The first-order valence-electron chi connectivity index (χ1n) is 8.66. The second-order valence-electron chi connectivity index (χ2n) is 6.99. The zero-order valence-corrected chi connectivity index (χ0v) is 13.9. The number of likely N-dealkylation sites (tertiary alicyclic amines) is 1. The molecule has 6 heteroatoms. The molecule has 1 aromatic carbocycles. The van der Waals surface area contributed by atoms with Crippen LogP contribution in [0, 0.1) is 5.92 Å². The number of hydrogen-bond donors (Lipinski definition) is 2. The van der Waals surface area contributed by atoms with Gasteiger partial charge in [-0.3, -0.25) is 9.89 Å². The Labute approximate surface area is 141 Å². The Kier molecular flexibility index (Phi) is 4.06. The fourth-order valence-corrected chi connectivity index (χ4v) is 3.54. The molecule has 2 aromatic rings. The molecule has 2 heterocycles. The molecule has 1 aliphatic heterocycles. The average Bonchev–Trinajstić information content (AvgIpc) is 3.09. The number of hydrogen-bond acceptors (Lipinski definition) is 4. The third kappa shape index (κ3) is 3.33. The van der Waals surface area contributed by atoms with Crippen LogP contribution >= 0.6 is 0 Å². The zero-order valence-electron chi connectivity index (χ0n) is 13.9. The molecular weight excluding hydrogens is 302 g/mol. The predicted octanol–water partition coefficient (Wildman–Crippen LogP) is 1.79. The summed E-state index contributed by atoms with van der Waals surface area (Å²) in [4.78, 5) is 18.7. The Morgan fingerprint density at radius 1 is 1.29 bits per heavy atom. The second kappa shape index (κ2) is 6.36. The highest BCUT2D eigenvalue weighted by molar-refractivity contribution is 5.73. The lowest BCUT2D eigenvalue weighted by Crippen LogP contribution is -2.39. The van der Waals surface area contributed by atoms with Gasteiger partial charge in [-0.25, -0.2) is 4.98 Å². The van der Waals surface area contributed by atoms with Crippen LogP contribution in [0.3, 0.4) is 0 Å². The molecule has 2 aliphatic rings. The predicted molar refractivity (Wildman–Crippen MR) is 91.3 cm³/mol. The summed E-state index contributed by atoms with van der Waals surface area (Å²) in [7, 11) is 0. The number of nitrogens with one attached hydrogen (secondary N) is 2. The third-order valence-corrected chi connectivity index (χ3v) is 4.88. The number of nitrogens with zero attached hydrogens (tertiary/aromatic N) is 3. The van der Waals surface area contributed by atoms with Crippen molar-refractivity contribution in [3.63, 3.8) is 0 Å². The van der Waals surface area contributed by atoms with Gasteiger partial charge in [0.1, 0.15) is 5.82 Å². The lowest BCUT2D eigenvalue weighted by molar-refractivity contribution is -0.119. The van der Waals surface area contributed by atoms with Crippen molar-refractivity contribution in [1.29, 1.82) is 0 Å². The third-order valence-electron chi connectivity index (χ3n) is 4.88. The van der Waals surface area contributed by atoms with Crippen molar-refractivity contribution in [2.75, 3.05) is 19.6 Å². The highest BCUT2D eigenvalue weighted by Crippen LogP contribution is 2.33. The van der Waals surface area contributed by atoms with Gasteiger partial charge in [-0.05, 0) is 18.8 Å². The Balaban J connectivity index is 1.53. The van der Waals surface area contributed by atoms with Crippen molar-refractivity contribution < 1.29 is 4.79 Å². The van der Waals surface area contributed by atoms with Gasteiger partial charge in [0.15, 0.2) is 5.82 Å². The molecule has 0 unspecified atom stereocenters. The minimum atomic E-state index is 0.0149. The Hall–Kier alpha value is -2.21. The number of aromatic amines is 1. The van der Waals surface area contributed by atoms with Gasteiger partial charge in [0, 0.05) is 32.1 Å². The van der Waals surface area contributed by atoms with E-state index in [1.165, 1.54) is 12.8 Å². The molecule has 1 saturated heterocycles. The number of aromatic nitrogens is 3. The molecule has 2 N–H and O–H groups in total. The van der Waals surface area contributed by atoms with Crippen LogP contribution in [-0.2, 0) is 4.79 Å². The first-order valence-corrected chi connectivity index (χ1v) is 8.66. The Morgan fingerprint density at radius 3 is 2.79 bits per heavy atom. The van der Waals surface area contributed by atoms with E-state index in [0.29, 0.717) is 5.82 Å². The lowest BCUT2D eigenvalue weighted by atomic mass is 10.0. The number of rotatable bonds is 5. The van der Waals surface area contributed by atoms with E-state index in [-0.39, 0.29) is 17.9 Å². The monoisotopic (exact) mass is 325 g/mol. The van der Waals surface area contributed by atoms with Crippen LogP contribution in [0.5, 0.6) is 0 Å². The fraction of sp³-hybridized carbons (Fsp3) is 0.500. The fourth-order valence-electron chi connectivity index (χ4n) is 3.54. The highest BCUT2D eigenvalue weighted by Gasteiger charge is 2.38. The standard InChI is InChI=1S/C18H23N5O/c1-12(24)19-16-11-23(9-13-7-8-13)10-15(16)18-20-17(21-22-18)14-5-3-2-4-6-14/h2-6,13,15-16H,7-11H2,1H3,(H,19,24)(H,20,21,22)/t15-,16-/m1/s1. The van der Waals surface area contributed by atoms with Crippen LogP contribution in [0.4, 0.5) is 0 Å². The van der Waals surface area contributed by atoms with Gasteiger partial charge >= 0.3 is 0 Å². The number of amides is 1. The Bertz CT molecular complexity index is 709. The summed E-state index contributed by atoms with van der Waals surface area (Å²) in [6.07, 6.45) is 2.68. The summed E-state index contributed by atoms with van der Waals surface area (Å²) in [6.45, 7) is 4.52. The molecule has 0 radical (unpaired) electrons. The summed E-state index contributed by atoms with van der Waals surface area (Å²) >= 11 is 0. The van der Waals surface area contributed by atoms with E-state index >= 15 is 0 Å². The van der Waals surface area contributed by atoms with Gasteiger partial charge < -0.3 is 10.2 Å². The van der Waals surface area contributed by atoms with Crippen LogP contribution in [0.1, 0.15) is 31.5 Å². The van der Waals surface area contributed by atoms with E-state index in [1.54, 1.807) is 6.92 Å². The second-order valence-corrected chi connectivity index (χ2v) is 6.99. The van der Waals surface area contributed by atoms with E-state index < -0.39 is 0 Å². The molecular formula is C18H23N5O. The van der Waals surface area contributed by atoms with Crippen LogP contribution in [-0.4, -0.2) is 51.7 Å². The maximum atomic E-state index is 11.6. The molecule has 4 rings (SSSR count). The first kappa shape index (κ1) is 15.3. The van der Waals surface area contributed by atoms with Gasteiger partial charge in [-0.2, -0.15) is 5.10 Å². The summed E-state index contributed by atoms with van der Waals surface area (Å²) in [5.41, 5.74) is 1.00. The minimum absolute atomic E-state index is 0.0149. The lowest BCUT2D eigenvalue weighted by Gasteiger charge is -2.16. The number of benzene rings is 1. The zero-order chi connectivity index (χ0) is 16.5. The van der Waals surface area contributed by atoms with E-state index in [9.17, 15) is 4.79 Å². The van der Waals surface area contributed by atoms with Crippen molar-refractivity contribution in [3.05, 3.63) is 36.2 Å². The quantitative estimate of drug-likeness (QED) is 0.879. The molecule has 1 saturated carbocycles. The van der Waals surface area contributed by atoms with Crippen molar-refractivity contribution >= 4 is 5.91 Å².